The molecule has 1 aromatic carbocycles. The molecule has 1 aromatic rings. The highest BCUT2D eigenvalue weighted by Gasteiger charge is 2.23. The third-order valence-electron chi connectivity index (χ3n) is 2.48. The smallest absolute Gasteiger partial charge is 0.321 e. The van der Waals surface area contributed by atoms with Gasteiger partial charge < -0.3 is 10.6 Å². The average Bonchev–Trinajstić information content (AvgIpc) is 3.11. The van der Waals surface area contributed by atoms with E-state index in [4.69, 9.17) is 0 Å². The Hall–Kier alpha value is -1.31. The number of amides is 3. The van der Waals surface area contributed by atoms with Crippen LogP contribution in [0.15, 0.2) is 24.3 Å². The monoisotopic (exact) mass is 359 g/mol. The number of carbonyl (C=O) groups is 2. The van der Waals surface area contributed by atoms with Crippen LogP contribution in [-0.4, -0.2) is 24.5 Å². The molecule has 0 aliphatic heterocycles. The van der Waals surface area contributed by atoms with Crippen molar-refractivity contribution in [1.29, 1.82) is 0 Å². The predicted octanol–water partition coefficient (Wildman–Crippen LogP) is 1.69. The molecule has 0 spiro atoms. The van der Waals surface area contributed by atoms with E-state index in [0.29, 0.717) is 0 Å². The van der Waals surface area contributed by atoms with Crippen LogP contribution in [0.3, 0.4) is 0 Å². The summed E-state index contributed by atoms with van der Waals surface area (Å²) >= 11 is 2.18. The third-order valence-corrected chi connectivity index (χ3v) is 3.42. The van der Waals surface area contributed by atoms with Gasteiger partial charge in [-0.05, 0) is 47.6 Å². The highest BCUT2D eigenvalue weighted by molar-refractivity contribution is 14.1. The lowest BCUT2D eigenvalue weighted by atomic mass is 10.3. The van der Waals surface area contributed by atoms with Gasteiger partial charge >= 0.3 is 6.03 Å². The second-order valence-electron chi connectivity index (χ2n) is 4.13. The van der Waals surface area contributed by atoms with Crippen molar-refractivity contribution in [2.45, 2.75) is 18.9 Å². The molecule has 1 aliphatic carbocycles. The van der Waals surface area contributed by atoms with Crippen LogP contribution in [0.2, 0.25) is 0 Å². The number of carbonyl (C=O) groups excluding carboxylic acids is 2. The molecule has 2 rings (SSSR count). The number of rotatable bonds is 4. The number of hydrogen-bond donors (Lipinski definition) is 3. The van der Waals surface area contributed by atoms with Crippen LogP contribution in [0, 0.1) is 3.57 Å². The predicted molar refractivity (Wildman–Crippen MR) is 77.3 cm³/mol. The first-order chi connectivity index (χ1) is 8.65. The van der Waals surface area contributed by atoms with E-state index < -0.39 is 6.03 Å². The Morgan fingerprint density at radius 2 is 2.00 bits per heavy atom. The number of halogens is 1. The summed E-state index contributed by atoms with van der Waals surface area (Å²) in [6.45, 7) is 0.0814. The first-order valence-corrected chi connectivity index (χ1v) is 6.82. The number of imide groups is 1. The van der Waals surface area contributed by atoms with Gasteiger partial charge in [0.1, 0.15) is 0 Å². The molecule has 6 heteroatoms. The van der Waals surface area contributed by atoms with Crippen LogP contribution in [-0.2, 0) is 4.79 Å². The van der Waals surface area contributed by atoms with Gasteiger partial charge in [-0.1, -0.05) is 12.1 Å². The van der Waals surface area contributed by atoms with E-state index in [9.17, 15) is 9.59 Å². The molecular formula is C12H14IN3O2. The number of para-hydroxylation sites is 1. The fourth-order valence-corrected chi connectivity index (χ4v) is 1.98. The molecule has 3 amide bonds. The van der Waals surface area contributed by atoms with E-state index in [1.54, 1.807) is 0 Å². The molecule has 1 saturated carbocycles. The first kappa shape index (κ1) is 13.1. The van der Waals surface area contributed by atoms with Crippen molar-refractivity contribution in [1.82, 2.24) is 10.6 Å². The lowest BCUT2D eigenvalue weighted by Crippen LogP contribution is -2.42. The lowest BCUT2D eigenvalue weighted by Gasteiger charge is -2.08. The van der Waals surface area contributed by atoms with E-state index in [1.165, 1.54) is 0 Å². The number of anilines is 1. The van der Waals surface area contributed by atoms with Crippen molar-refractivity contribution >= 4 is 40.2 Å². The van der Waals surface area contributed by atoms with Crippen molar-refractivity contribution in [2.75, 3.05) is 11.9 Å². The fraction of sp³-hybridized carbons (Fsp3) is 0.333. The number of benzene rings is 1. The van der Waals surface area contributed by atoms with Gasteiger partial charge in [0, 0.05) is 15.3 Å². The summed E-state index contributed by atoms with van der Waals surface area (Å²) < 4.78 is 1.03. The average molecular weight is 359 g/mol. The van der Waals surface area contributed by atoms with E-state index in [-0.39, 0.29) is 18.5 Å². The maximum Gasteiger partial charge on any atom is 0.321 e. The van der Waals surface area contributed by atoms with Crippen LogP contribution >= 0.6 is 22.6 Å². The van der Waals surface area contributed by atoms with E-state index in [2.05, 4.69) is 38.5 Å². The molecule has 96 valence electrons. The van der Waals surface area contributed by atoms with Gasteiger partial charge in [-0.25, -0.2) is 4.79 Å². The maximum absolute atomic E-state index is 11.5. The molecular weight excluding hydrogens is 345 g/mol. The second kappa shape index (κ2) is 6.03. The summed E-state index contributed by atoms with van der Waals surface area (Å²) in [7, 11) is 0. The molecule has 5 nitrogen and oxygen atoms in total. The normalized spacial score (nSPS) is 13.8. The number of urea groups is 1. The summed E-state index contributed by atoms with van der Waals surface area (Å²) in [5.74, 6) is -0.340. The topological polar surface area (TPSA) is 70.2 Å². The van der Waals surface area contributed by atoms with Gasteiger partial charge in [-0.3, -0.25) is 10.1 Å². The first-order valence-electron chi connectivity index (χ1n) is 5.74. The van der Waals surface area contributed by atoms with Crippen molar-refractivity contribution in [3.05, 3.63) is 27.8 Å². The standard InChI is InChI=1S/C12H14IN3O2/c13-9-3-1-2-4-10(9)14-7-11(17)16-12(18)15-8-5-6-8/h1-4,8,14H,5-7H2,(H2,15,16,17,18). The Morgan fingerprint density at radius 3 is 2.67 bits per heavy atom. The Morgan fingerprint density at radius 1 is 1.28 bits per heavy atom. The van der Waals surface area contributed by atoms with Gasteiger partial charge in [0.05, 0.1) is 6.54 Å². The largest absolute Gasteiger partial charge is 0.375 e. The maximum atomic E-state index is 11.5. The van der Waals surface area contributed by atoms with Gasteiger partial charge in [0.2, 0.25) is 5.91 Å². The van der Waals surface area contributed by atoms with Gasteiger partial charge in [-0.15, -0.1) is 0 Å². The summed E-state index contributed by atoms with van der Waals surface area (Å²) in [4.78, 5) is 22.8. The Bertz CT molecular complexity index is 460. The molecule has 18 heavy (non-hydrogen) atoms. The highest BCUT2D eigenvalue weighted by atomic mass is 127. The highest BCUT2D eigenvalue weighted by Crippen LogP contribution is 2.18. The molecule has 3 N–H and O–H groups in total. The van der Waals surface area contributed by atoms with E-state index in [0.717, 1.165) is 22.1 Å². The molecule has 0 aromatic heterocycles. The molecule has 1 fully saturated rings. The van der Waals surface area contributed by atoms with E-state index >= 15 is 0 Å². The van der Waals surface area contributed by atoms with E-state index in [1.807, 2.05) is 24.3 Å². The van der Waals surface area contributed by atoms with Crippen molar-refractivity contribution in [3.63, 3.8) is 0 Å². The quantitative estimate of drug-likeness (QED) is 0.717. The fourth-order valence-electron chi connectivity index (χ4n) is 1.40. The summed E-state index contributed by atoms with van der Waals surface area (Å²) in [5.41, 5.74) is 0.885. The molecule has 0 unspecified atom stereocenters. The molecule has 0 saturated heterocycles. The molecule has 0 bridgehead atoms. The van der Waals surface area contributed by atoms with Crippen molar-refractivity contribution < 1.29 is 9.59 Å². The zero-order valence-corrected chi connectivity index (χ0v) is 11.9. The Balaban J connectivity index is 1.74. The van der Waals surface area contributed by atoms with Crippen LogP contribution in [0.4, 0.5) is 10.5 Å². The zero-order chi connectivity index (χ0) is 13.0. The third kappa shape index (κ3) is 4.17. The minimum Gasteiger partial charge on any atom is -0.375 e. The Kier molecular flexibility index (Phi) is 4.40. The van der Waals surface area contributed by atoms with Crippen LogP contribution in [0.1, 0.15) is 12.8 Å². The van der Waals surface area contributed by atoms with Crippen LogP contribution in [0.25, 0.3) is 0 Å². The SMILES string of the molecule is O=C(CNc1ccccc1I)NC(=O)NC1CC1. The molecule has 1 aliphatic rings. The minimum atomic E-state index is -0.410. The zero-order valence-electron chi connectivity index (χ0n) is 9.70. The Labute approximate surface area is 119 Å². The van der Waals surface area contributed by atoms with Crippen molar-refractivity contribution in [3.8, 4) is 0 Å². The number of nitrogens with one attached hydrogen (secondary N) is 3. The molecule has 0 radical (unpaired) electrons. The van der Waals surface area contributed by atoms with Crippen molar-refractivity contribution in [2.24, 2.45) is 0 Å². The van der Waals surface area contributed by atoms with Gasteiger partial charge in [0.15, 0.2) is 0 Å². The minimum absolute atomic E-state index is 0.0814. The lowest BCUT2D eigenvalue weighted by molar-refractivity contribution is -0.118. The molecule has 0 heterocycles. The second-order valence-corrected chi connectivity index (χ2v) is 5.29. The molecule has 0 atom stereocenters. The number of hydrogen-bond acceptors (Lipinski definition) is 3. The summed E-state index contributed by atoms with van der Waals surface area (Å²) in [6, 6.07) is 7.49. The summed E-state index contributed by atoms with van der Waals surface area (Å²) in [5, 5.41) is 7.97. The summed E-state index contributed by atoms with van der Waals surface area (Å²) in [6.07, 6.45) is 2.00. The van der Waals surface area contributed by atoms with Gasteiger partial charge in [-0.2, -0.15) is 0 Å². The van der Waals surface area contributed by atoms with Crippen LogP contribution < -0.4 is 16.0 Å². The van der Waals surface area contributed by atoms with Crippen LogP contribution in [0.5, 0.6) is 0 Å². The van der Waals surface area contributed by atoms with Gasteiger partial charge in [0.25, 0.3) is 0 Å².